The maximum atomic E-state index is 13.3. The minimum Gasteiger partial charge on any atom is -0.478 e. The molecule has 0 aliphatic carbocycles. The van der Waals surface area contributed by atoms with Gasteiger partial charge in [-0.2, -0.15) is 31.4 Å². The normalized spacial score (nSPS) is 12.4. The van der Waals surface area contributed by atoms with Gasteiger partial charge >= 0.3 is 18.3 Å². The predicted octanol–water partition coefficient (Wildman–Crippen LogP) is 4.93. The molecular formula is C21H14F6IN3O5S. The van der Waals surface area contributed by atoms with Crippen molar-refractivity contribution in [3.63, 3.8) is 0 Å². The highest BCUT2D eigenvalue weighted by Gasteiger charge is 2.41. The van der Waals surface area contributed by atoms with Crippen molar-refractivity contribution < 1.29 is 49.5 Å². The summed E-state index contributed by atoms with van der Waals surface area (Å²) in [5, 5.41) is 14.7. The van der Waals surface area contributed by atoms with Gasteiger partial charge in [0.2, 0.25) is 0 Å². The van der Waals surface area contributed by atoms with Crippen molar-refractivity contribution in [3.05, 3.63) is 74.1 Å². The summed E-state index contributed by atoms with van der Waals surface area (Å²) >= 11 is 1.70. The Bertz CT molecular complexity index is 1500. The van der Waals surface area contributed by atoms with E-state index in [2.05, 4.69) is 10.4 Å². The lowest BCUT2D eigenvalue weighted by Crippen LogP contribution is -2.19. The number of carbonyl (C=O) groups excluding carboxylic acids is 1. The summed E-state index contributed by atoms with van der Waals surface area (Å²) in [6.45, 7) is -0.873. The Kier molecular flexibility index (Phi) is 7.65. The molecule has 0 saturated carbocycles. The molecule has 0 unspecified atom stereocenters. The Hall–Kier alpha value is -3.15. The third-order valence-electron chi connectivity index (χ3n) is 4.86. The maximum absolute atomic E-state index is 13.3. The number of sulfone groups is 1. The van der Waals surface area contributed by atoms with Gasteiger partial charge in [0.05, 0.1) is 28.3 Å². The summed E-state index contributed by atoms with van der Waals surface area (Å²) in [5.41, 5.74) is -4.58. The van der Waals surface area contributed by atoms with E-state index in [1.807, 2.05) is 0 Å². The van der Waals surface area contributed by atoms with E-state index in [-0.39, 0.29) is 36.7 Å². The zero-order chi connectivity index (χ0) is 27.9. The number of nitrogens with zero attached hydrogens (tertiary/aromatic N) is 2. The highest BCUT2D eigenvalue weighted by atomic mass is 127. The van der Waals surface area contributed by atoms with Crippen LogP contribution in [0, 0.1) is 3.57 Å². The first-order valence-electron chi connectivity index (χ1n) is 9.78. The van der Waals surface area contributed by atoms with Gasteiger partial charge in [-0.1, -0.05) is 12.1 Å². The lowest BCUT2D eigenvalue weighted by Gasteiger charge is -2.15. The van der Waals surface area contributed by atoms with Gasteiger partial charge in [-0.05, 0) is 52.4 Å². The number of amides is 1. The molecule has 0 bridgehead atoms. The molecule has 0 aliphatic rings. The van der Waals surface area contributed by atoms with Crippen molar-refractivity contribution in [3.8, 4) is 0 Å². The topological polar surface area (TPSA) is 118 Å². The Labute approximate surface area is 218 Å². The number of hydrogen-bond donors (Lipinski definition) is 2. The Morgan fingerprint density at radius 1 is 1.05 bits per heavy atom. The molecule has 2 N–H and O–H groups in total. The van der Waals surface area contributed by atoms with E-state index in [0.717, 1.165) is 24.5 Å². The van der Waals surface area contributed by atoms with E-state index in [1.165, 1.54) is 18.2 Å². The molecule has 2 aromatic carbocycles. The van der Waals surface area contributed by atoms with E-state index in [4.69, 9.17) is 0 Å². The lowest BCUT2D eigenvalue weighted by atomic mass is 10.1. The van der Waals surface area contributed by atoms with Gasteiger partial charge in [0.25, 0.3) is 5.91 Å². The first kappa shape index (κ1) is 28.4. The SMILES string of the molecule is CS(=O)(=O)c1cc(Cn2nc(C(F)(F)F)cc2C(F)(F)F)ccc1NC(=O)c1cccc(I)c1C(=O)O. The Morgan fingerprint density at radius 3 is 2.24 bits per heavy atom. The van der Waals surface area contributed by atoms with Gasteiger partial charge in [0, 0.05) is 15.9 Å². The Morgan fingerprint density at radius 2 is 1.70 bits per heavy atom. The fourth-order valence-corrected chi connectivity index (χ4v) is 4.89. The average Bonchev–Trinajstić information content (AvgIpc) is 3.18. The first-order chi connectivity index (χ1) is 16.9. The molecule has 1 heterocycles. The highest BCUT2D eigenvalue weighted by Crippen LogP contribution is 2.36. The molecule has 1 amide bonds. The minimum atomic E-state index is -5.18. The molecule has 0 atom stereocenters. The molecule has 8 nitrogen and oxygen atoms in total. The van der Waals surface area contributed by atoms with Crippen LogP contribution in [0.4, 0.5) is 32.0 Å². The predicted molar refractivity (Wildman–Crippen MR) is 125 cm³/mol. The fraction of sp³-hybridized carbons (Fsp3) is 0.190. The van der Waals surface area contributed by atoms with E-state index in [1.54, 1.807) is 22.6 Å². The molecule has 3 aromatic rings. The minimum absolute atomic E-state index is 0.0491. The molecule has 37 heavy (non-hydrogen) atoms. The van der Waals surface area contributed by atoms with Crippen LogP contribution in [-0.4, -0.2) is 41.4 Å². The monoisotopic (exact) mass is 661 g/mol. The summed E-state index contributed by atoms with van der Waals surface area (Å²) in [5.74, 6) is -2.39. The number of carboxylic acid groups (broad SMARTS) is 1. The van der Waals surface area contributed by atoms with Gasteiger partial charge < -0.3 is 10.4 Å². The van der Waals surface area contributed by atoms with E-state index >= 15 is 0 Å². The number of aromatic nitrogens is 2. The third-order valence-corrected chi connectivity index (χ3v) is 6.89. The number of alkyl halides is 6. The maximum Gasteiger partial charge on any atom is 0.435 e. The first-order valence-corrected chi connectivity index (χ1v) is 12.7. The molecule has 1 aromatic heterocycles. The van der Waals surface area contributed by atoms with Crippen LogP contribution in [0.15, 0.2) is 47.4 Å². The van der Waals surface area contributed by atoms with E-state index in [9.17, 15) is 49.5 Å². The van der Waals surface area contributed by atoms with Crippen molar-refractivity contribution in [2.24, 2.45) is 0 Å². The molecule has 3 rings (SSSR count). The number of aromatic carboxylic acids is 1. The molecule has 0 spiro atoms. The van der Waals surface area contributed by atoms with Crippen LogP contribution in [0.3, 0.4) is 0 Å². The van der Waals surface area contributed by atoms with Crippen molar-refractivity contribution in [1.29, 1.82) is 0 Å². The van der Waals surface area contributed by atoms with Crippen LogP contribution in [0.5, 0.6) is 0 Å². The van der Waals surface area contributed by atoms with Crippen LogP contribution < -0.4 is 5.32 Å². The summed E-state index contributed by atoms with van der Waals surface area (Å²) in [4.78, 5) is 23.8. The second kappa shape index (κ2) is 9.96. The molecule has 0 radical (unpaired) electrons. The zero-order valence-electron chi connectivity index (χ0n) is 18.3. The van der Waals surface area contributed by atoms with Crippen LogP contribution in [0.1, 0.15) is 37.7 Å². The summed E-state index contributed by atoms with van der Waals surface area (Å²) < 4.78 is 104. The number of benzene rings is 2. The second-order valence-corrected chi connectivity index (χ2v) is 10.7. The zero-order valence-corrected chi connectivity index (χ0v) is 21.3. The average molecular weight is 661 g/mol. The lowest BCUT2D eigenvalue weighted by molar-refractivity contribution is -0.144. The number of rotatable bonds is 6. The van der Waals surface area contributed by atoms with Crippen LogP contribution in [-0.2, 0) is 28.7 Å². The van der Waals surface area contributed by atoms with E-state index < -0.39 is 56.9 Å². The van der Waals surface area contributed by atoms with Gasteiger partial charge in [0.1, 0.15) is 5.69 Å². The van der Waals surface area contributed by atoms with Gasteiger partial charge in [-0.3, -0.25) is 9.48 Å². The quantitative estimate of drug-likeness (QED) is 0.286. The largest absolute Gasteiger partial charge is 0.478 e. The van der Waals surface area contributed by atoms with Crippen LogP contribution >= 0.6 is 22.6 Å². The molecular weight excluding hydrogens is 647 g/mol. The molecule has 0 saturated heterocycles. The molecule has 16 heteroatoms. The van der Waals surface area contributed by atoms with Crippen molar-refractivity contribution >= 4 is 50.0 Å². The number of carbonyl (C=O) groups is 2. The standard InChI is InChI=1S/C21H14F6IN3O5S/c1-37(35,36)14-7-10(9-31-16(21(25,26)27)8-15(30-31)20(22,23)24)5-6-13(14)29-18(32)11-3-2-4-12(28)17(11)19(33)34/h2-8H,9H2,1H3,(H,29,32)(H,33,34). The number of hydrogen-bond acceptors (Lipinski definition) is 5. The molecule has 198 valence electrons. The number of halogens is 7. The summed E-state index contributed by atoms with van der Waals surface area (Å²) in [6.07, 6.45) is -9.59. The smallest absolute Gasteiger partial charge is 0.435 e. The Balaban J connectivity index is 2.03. The van der Waals surface area contributed by atoms with Crippen LogP contribution in [0.2, 0.25) is 0 Å². The van der Waals surface area contributed by atoms with Gasteiger partial charge in [-0.25, -0.2) is 13.2 Å². The highest BCUT2D eigenvalue weighted by molar-refractivity contribution is 14.1. The van der Waals surface area contributed by atoms with E-state index in [0.29, 0.717) is 0 Å². The van der Waals surface area contributed by atoms with Gasteiger partial charge in [-0.15, -0.1) is 0 Å². The summed E-state index contributed by atoms with van der Waals surface area (Å²) in [6, 6.07) is 6.88. The number of carboxylic acids is 1. The van der Waals surface area contributed by atoms with Crippen molar-refractivity contribution in [2.75, 3.05) is 11.6 Å². The molecule has 0 aliphatic heterocycles. The van der Waals surface area contributed by atoms with Crippen molar-refractivity contribution in [2.45, 2.75) is 23.8 Å². The second-order valence-electron chi connectivity index (χ2n) is 7.59. The van der Waals surface area contributed by atoms with Gasteiger partial charge in [0.15, 0.2) is 15.5 Å². The number of nitrogens with one attached hydrogen (secondary N) is 1. The van der Waals surface area contributed by atoms with Crippen LogP contribution in [0.25, 0.3) is 0 Å². The third kappa shape index (κ3) is 6.41. The summed E-state index contributed by atoms with van der Waals surface area (Å²) in [7, 11) is -4.13. The fourth-order valence-electron chi connectivity index (χ4n) is 3.27. The molecule has 0 fully saturated rings. The number of anilines is 1. The van der Waals surface area contributed by atoms with Crippen molar-refractivity contribution in [1.82, 2.24) is 9.78 Å².